The molecule has 1 aliphatic rings. The van der Waals surface area contributed by atoms with Crippen molar-refractivity contribution < 1.29 is 13.2 Å². The number of sulfonamides is 1. The van der Waals surface area contributed by atoms with Gasteiger partial charge in [0.25, 0.3) is 15.9 Å². The van der Waals surface area contributed by atoms with Crippen LogP contribution in [-0.4, -0.2) is 35.5 Å². The van der Waals surface area contributed by atoms with E-state index in [1.54, 1.807) is 42.6 Å². The predicted octanol–water partition coefficient (Wildman–Crippen LogP) is 4.16. The van der Waals surface area contributed by atoms with Gasteiger partial charge < -0.3 is 5.32 Å². The maximum atomic E-state index is 13.1. The summed E-state index contributed by atoms with van der Waals surface area (Å²) in [6.45, 7) is 0.446. The van der Waals surface area contributed by atoms with Crippen LogP contribution >= 0.6 is 23.2 Å². The zero-order chi connectivity index (χ0) is 24.0. The number of hydrogen-bond acceptors (Lipinski definition) is 5. The molecule has 11 heteroatoms. The van der Waals surface area contributed by atoms with Gasteiger partial charge in [-0.25, -0.2) is 23.1 Å². The Kier molecular flexibility index (Phi) is 5.81. The molecule has 2 aromatic carbocycles. The van der Waals surface area contributed by atoms with Crippen LogP contribution in [0.2, 0.25) is 10.0 Å². The standard InChI is InChI=1S/C23H19Cl2N5O3S/c24-15-9-7-14(8-10-15)20-17(16-3-1-2-4-18(16)25)12-27-21-19(22(31)28-11-13-5-6-13)23(29-30(20)21)34(26,32)33/h1-4,7-10,12-13H,5-6,11H2,(H,28,31)(H2,26,32,33). The second-order valence-electron chi connectivity index (χ2n) is 8.12. The third kappa shape index (κ3) is 4.27. The van der Waals surface area contributed by atoms with Crippen LogP contribution in [0, 0.1) is 5.92 Å². The van der Waals surface area contributed by atoms with E-state index in [1.165, 1.54) is 4.52 Å². The quantitative estimate of drug-likeness (QED) is 0.399. The van der Waals surface area contributed by atoms with Crippen molar-refractivity contribution in [2.24, 2.45) is 11.1 Å². The van der Waals surface area contributed by atoms with Gasteiger partial charge in [0.1, 0.15) is 5.56 Å². The molecule has 2 heterocycles. The maximum Gasteiger partial charge on any atom is 0.258 e. The minimum Gasteiger partial charge on any atom is -0.352 e. The highest BCUT2D eigenvalue weighted by Gasteiger charge is 2.31. The summed E-state index contributed by atoms with van der Waals surface area (Å²) in [4.78, 5) is 17.5. The van der Waals surface area contributed by atoms with E-state index in [0.717, 1.165) is 12.8 Å². The molecule has 0 spiro atoms. The summed E-state index contributed by atoms with van der Waals surface area (Å²) in [5.41, 5.74) is 2.29. The number of aromatic nitrogens is 3. The zero-order valence-corrected chi connectivity index (χ0v) is 20.0. The fourth-order valence-electron chi connectivity index (χ4n) is 3.77. The lowest BCUT2D eigenvalue weighted by atomic mass is 10.0. The summed E-state index contributed by atoms with van der Waals surface area (Å²) in [5.74, 6) is -0.195. The molecule has 174 valence electrons. The summed E-state index contributed by atoms with van der Waals surface area (Å²) in [7, 11) is -4.33. The van der Waals surface area contributed by atoms with E-state index in [1.807, 2.05) is 12.1 Å². The van der Waals surface area contributed by atoms with Gasteiger partial charge in [0.15, 0.2) is 5.65 Å². The molecule has 0 bridgehead atoms. The Morgan fingerprint density at radius 2 is 1.79 bits per heavy atom. The average Bonchev–Trinajstić information content (AvgIpc) is 3.54. The summed E-state index contributed by atoms with van der Waals surface area (Å²) < 4.78 is 26.2. The van der Waals surface area contributed by atoms with Crippen molar-refractivity contribution in [2.75, 3.05) is 6.54 Å². The molecule has 1 saturated carbocycles. The smallest absolute Gasteiger partial charge is 0.258 e. The minimum atomic E-state index is -4.33. The number of primary sulfonamides is 1. The van der Waals surface area contributed by atoms with Gasteiger partial charge in [-0.2, -0.15) is 5.10 Å². The lowest BCUT2D eigenvalue weighted by Gasteiger charge is -2.13. The molecule has 1 amide bonds. The van der Waals surface area contributed by atoms with E-state index in [4.69, 9.17) is 28.3 Å². The highest BCUT2D eigenvalue weighted by molar-refractivity contribution is 7.89. The summed E-state index contributed by atoms with van der Waals surface area (Å²) in [6.07, 6.45) is 3.60. The summed E-state index contributed by atoms with van der Waals surface area (Å²) >= 11 is 12.6. The molecule has 0 atom stereocenters. The van der Waals surface area contributed by atoms with Gasteiger partial charge in [0.2, 0.25) is 5.03 Å². The number of nitrogens with one attached hydrogen (secondary N) is 1. The maximum absolute atomic E-state index is 13.1. The first kappa shape index (κ1) is 22.8. The lowest BCUT2D eigenvalue weighted by molar-refractivity contribution is 0.0950. The van der Waals surface area contributed by atoms with Crippen LogP contribution in [0.15, 0.2) is 59.8 Å². The molecule has 0 saturated heterocycles. The normalized spacial score (nSPS) is 13.9. The van der Waals surface area contributed by atoms with E-state index in [9.17, 15) is 13.2 Å². The fraction of sp³-hybridized carbons (Fsp3) is 0.174. The van der Waals surface area contributed by atoms with Crippen molar-refractivity contribution in [1.29, 1.82) is 0 Å². The van der Waals surface area contributed by atoms with E-state index in [0.29, 0.717) is 44.9 Å². The van der Waals surface area contributed by atoms with Gasteiger partial charge in [0, 0.05) is 39.5 Å². The van der Waals surface area contributed by atoms with Gasteiger partial charge in [-0.3, -0.25) is 4.79 Å². The molecule has 1 aliphatic carbocycles. The van der Waals surface area contributed by atoms with Crippen molar-refractivity contribution in [3.05, 3.63) is 70.3 Å². The number of fused-ring (bicyclic) bond motifs is 1. The number of rotatable bonds is 6. The molecule has 5 rings (SSSR count). The second kappa shape index (κ2) is 8.66. The van der Waals surface area contributed by atoms with E-state index in [2.05, 4.69) is 15.4 Å². The second-order valence-corrected chi connectivity index (χ2v) is 10.4. The SMILES string of the molecule is NS(=O)(=O)c1nn2c(-c3ccc(Cl)cc3)c(-c3ccccc3Cl)cnc2c1C(=O)NCC1CC1. The molecule has 1 fully saturated rings. The van der Waals surface area contributed by atoms with Crippen LogP contribution in [0.5, 0.6) is 0 Å². The Balaban J connectivity index is 1.81. The van der Waals surface area contributed by atoms with Crippen LogP contribution < -0.4 is 10.5 Å². The van der Waals surface area contributed by atoms with Crippen molar-refractivity contribution in [3.63, 3.8) is 0 Å². The first-order valence-corrected chi connectivity index (χ1v) is 12.8. The van der Waals surface area contributed by atoms with Crippen LogP contribution in [0.25, 0.3) is 28.0 Å². The number of hydrogen-bond donors (Lipinski definition) is 2. The first-order chi connectivity index (χ1) is 16.2. The Hall–Kier alpha value is -2.98. The monoisotopic (exact) mass is 515 g/mol. The van der Waals surface area contributed by atoms with Crippen LogP contribution in [-0.2, 0) is 10.0 Å². The Bertz CT molecular complexity index is 1530. The minimum absolute atomic E-state index is 0.0677. The number of carbonyl (C=O) groups excluding carboxylic acids is 1. The predicted molar refractivity (Wildman–Crippen MR) is 130 cm³/mol. The summed E-state index contributed by atoms with van der Waals surface area (Å²) in [5, 5.41) is 13.0. The number of nitrogens with zero attached hydrogens (tertiary/aromatic N) is 3. The third-order valence-corrected chi connectivity index (χ3v) is 7.04. The molecule has 3 N–H and O–H groups in total. The van der Waals surface area contributed by atoms with Crippen LogP contribution in [0.1, 0.15) is 23.2 Å². The molecule has 8 nitrogen and oxygen atoms in total. The number of carbonyl (C=O) groups is 1. The molecular formula is C23H19Cl2N5O3S. The van der Waals surface area contributed by atoms with Crippen molar-refractivity contribution >= 4 is 44.8 Å². The van der Waals surface area contributed by atoms with E-state index >= 15 is 0 Å². The van der Waals surface area contributed by atoms with E-state index < -0.39 is 21.0 Å². The number of nitrogens with two attached hydrogens (primary N) is 1. The highest BCUT2D eigenvalue weighted by atomic mass is 35.5. The van der Waals surface area contributed by atoms with E-state index in [-0.39, 0.29) is 11.2 Å². The summed E-state index contributed by atoms with van der Waals surface area (Å²) in [6, 6.07) is 14.1. The Labute approximate surface area is 205 Å². The van der Waals surface area contributed by atoms with Gasteiger partial charge in [-0.15, -0.1) is 0 Å². The molecule has 0 aliphatic heterocycles. The van der Waals surface area contributed by atoms with Gasteiger partial charge in [-0.1, -0.05) is 53.5 Å². The number of amides is 1. The third-order valence-electron chi connectivity index (χ3n) is 5.64. The largest absolute Gasteiger partial charge is 0.352 e. The highest BCUT2D eigenvalue weighted by Crippen LogP contribution is 2.37. The number of halogens is 2. The molecule has 4 aromatic rings. The zero-order valence-electron chi connectivity index (χ0n) is 17.7. The average molecular weight is 516 g/mol. The van der Waals surface area contributed by atoms with Gasteiger partial charge in [0.05, 0.1) is 5.69 Å². The van der Waals surface area contributed by atoms with Crippen LogP contribution in [0.3, 0.4) is 0 Å². The van der Waals surface area contributed by atoms with Crippen LogP contribution in [0.4, 0.5) is 0 Å². The molecule has 34 heavy (non-hydrogen) atoms. The fourth-order valence-corrected chi connectivity index (χ4v) is 4.80. The molecule has 0 radical (unpaired) electrons. The van der Waals surface area contributed by atoms with Gasteiger partial charge >= 0.3 is 0 Å². The Morgan fingerprint density at radius 1 is 1.09 bits per heavy atom. The topological polar surface area (TPSA) is 119 Å². The Morgan fingerprint density at radius 3 is 2.44 bits per heavy atom. The number of benzene rings is 2. The van der Waals surface area contributed by atoms with Crippen molar-refractivity contribution in [1.82, 2.24) is 19.9 Å². The molecule has 0 unspecified atom stereocenters. The van der Waals surface area contributed by atoms with Gasteiger partial charge in [-0.05, 0) is 37.0 Å². The molecular weight excluding hydrogens is 497 g/mol. The molecule has 2 aromatic heterocycles. The van der Waals surface area contributed by atoms with Crippen molar-refractivity contribution in [3.8, 4) is 22.4 Å². The van der Waals surface area contributed by atoms with Crippen molar-refractivity contribution in [2.45, 2.75) is 17.9 Å². The first-order valence-electron chi connectivity index (χ1n) is 10.5. The lowest BCUT2D eigenvalue weighted by Crippen LogP contribution is -2.28.